The molecule has 0 N–H and O–H groups in total. The Hall–Kier alpha value is -2.03. The monoisotopic (exact) mass is 908 g/mol. The molecule has 0 rings (SSSR count). The minimum Gasteiger partial charge on any atom is -0.756 e. The lowest BCUT2D eigenvalue weighted by molar-refractivity contribution is -0.870. The van der Waals surface area contributed by atoms with E-state index in [0.29, 0.717) is 17.4 Å². The van der Waals surface area contributed by atoms with Crippen LogP contribution in [0.5, 0.6) is 0 Å². The maximum absolute atomic E-state index is 12.7. The lowest BCUT2D eigenvalue weighted by Gasteiger charge is -2.28. The van der Waals surface area contributed by atoms with Crippen LogP contribution in [0.15, 0.2) is 48.6 Å². The lowest BCUT2D eigenvalue weighted by atomic mass is 10.0. The summed E-state index contributed by atoms with van der Waals surface area (Å²) in [6.45, 7) is 4.09. The van der Waals surface area contributed by atoms with Crippen LogP contribution < -0.4 is 4.89 Å². The van der Waals surface area contributed by atoms with Gasteiger partial charge in [-0.05, 0) is 51.4 Å². The second-order valence-electron chi connectivity index (χ2n) is 18.5. The molecular weight excluding hydrogens is 810 g/mol. The Morgan fingerprint density at radius 3 is 1.35 bits per heavy atom. The zero-order valence-corrected chi connectivity index (χ0v) is 42.4. The molecule has 0 saturated heterocycles. The molecule has 0 radical (unpaired) electrons. The van der Waals surface area contributed by atoms with Gasteiger partial charge in [-0.2, -0.15) is 0 Å². The van der Waals surface area contributed by atoms with Crippen molar-refractivity contribution in [1.29, 1.82) is 0 Å². The van der Waals surface area contributed by atoms with E-state index in [9.17, 15) is 19.0 Å². The van der Waals surface area contributed by atoms with E-state index in [-0.39, 0.29) is 26.1 Å². The number of esters is 2. The number of hydrogen-bond acceptors (Lipinski definition) is 8. The van der Waals surface area contributed by atoms with Crippen molar-refractivity contribution < 1.29 is 42.1 Å². The molecule has 0 saturated carbocycles. The highest BCUT2D eigenvalue weighted by Crippen LogP contribution is 2.38. The average molecular weight is 908 g/mol. The predicted octanol–water partition coefficient (Wildman–Crippen LogP) is 14.8. The highest BCUT2D eigenvalue weighted by Gasteiger charge is 2.21. The van der Waals surface area contributed by atoms with Crippen LogP contribution in [0.4, 0.5) is 0 Å². The van der Waals surface area contributed by atoms with Crippen molar-refractivity contribution in [3.63, 3.8) is 0 Å². The smallest absolute Gasteiger partial charge is 0.306 e. The Morgan fingerprint density at radius 1 is 0.508 bits per heavy atom. The Balaban J connectivity index is 4.20. The van der Waals surface area contributed by atoms with Crippen molar-refractivity contribution in [2.75, 3.05) is 47.5 Å². The zero-order valence-electron chi connectivity index (χ0n) is 41.5. The van der Waals surface area contributed by atoms with E-state index >= 15 is 0 Å². The fraction of sp³-hybridized carbons (Fsp3) is 0.811. The summed E-state index contributed by atoms with van der Waals surface area (Å²) in [6, 6.07) is 0. The number of allylic oxidation sites excluding steroid dienone is 8. The average Bonchev–Trinajstić information content (AvgIpc) is 3.24. The van der Waals surface area contributed by atoms with Crippen LogP contribution >= 0.6 is 7.82 Å². The Labute approximate surface area is 388 Å². The van der Waals surface area contributed by atoms with Gasteiger partial charge in [-0.25, -0.2) is 0 Å². The number of phosphoric ester groups is 1. The molecule has 0 amide bonds. The maximum atomic E-state index is 12.7. The first-order chi connectivity index (χ1) is 30.5. The molecule has 0 aromatic heterocycles. The third-order valence-corrected chi connectivity index (χ3v) is 12.1. The molecule has 10 heteroatoms. The van der Waals surface area contributed by atoms with E-state index in [0.717, 1.165) is 57.8 Å². The number of quaternary nitrogens is 1. The van der Waals surface area contributed by atoms with Crippen LogP contribution in [-0.2, 0) is 32.7 Å². The van der Waals surface area contributed by atoms with Crippen LogP contribution in [0.3, 0.4) is 0 Å². The van der Waals surface area contributed by atoms with Gasteiger partial charge in [-0.15, -0.1) is 0 Å². The molecule has 9 nitrogen and oxygen atoms in total. The van der Waals surface area contributed by atoms with Crippen molar-refractivity contribution in [3.8, 4) is 0 Å². The first-order valence-electron chi connectivity index (χ1n) is 25.8. The van der Waals surface area contributed by atoms with Gasteiger partial charge in [0.25, 0.3) is 7.82 Å². The van der Waals surface area contributed by atoms with Gasteiger partial charge in [0.1, 0.15) is 19.8 Å². The minimum absolute atomic E-state index is 0.0391. The molecule has 0 aliphatic heterocycles. The van der Waals surface area contributed by atoms with Crippen molar-refractivity contribution in [2.24, 2.45) is 0 Å². The summed E-state index contributed by atoms with van der Waals surface area (Å²) >= 11 is 0. The van der Waals surface area contributed by atoms with Crippen molar-refractivity contribution in [3.05, 3.63) is 48.6 Å². The highest BCUT2D eigenvalue weighted by atomic mass is 31.2. The standard InChI is InChI=1S/C53H98NO8P/c1-6-8-10-12-14-16-18-20-22-23-24-25-26-27-28-29-30-32-33-35-37-39-41-43-45-52(55)59-49-51(50-61-63(57,58)60-48-47-54(3,4)5)62-53(56)46-44-42-40-38-36-34-31-21-19-17-15-13-11-9-7-2/h9,11,15,17,21,31,36,38,51H,6-8,10,12-14,16,18-20,22-30,32-35,37,39-50H2,1-5H3/b11-9-,17-15-,31-21-,38-36-. The van der Waals surface area contributed by atoms with Gasteiger partial charge in [-0.1, -0.05) is 210 Å². The number of ether oxygens (including phenoxy) is 2. The zero-order chi connectivity index (χ0) is 46.4. The normalized spacial score (nSPS) is 13.8. The quantitative estimate of drug-likeness (QED) is 0.0195. The molecule has 0 aliphatic carbocycles. The van der Waals surface area contributed by atoms with E-state index < -0.39 is 32.5 Å². The van der Waals surface area contributed by atoms with Crippen molar-refractivity contribution >= 4 is 19.8 Å². The van der Waals surface area contributed by atoms with Gasteiger partial charge in [0, 0.05) is 12.8 Å². The molecule has 368 valence electrons. The topological polar surface area (TPSA) is 111 Å². The third kappa shape index (κ3) is 49.2. The molecule has 2 unspecified atom stereocenters. The second kappa shape index (κ2) is 45.1. The fourth-order valence-corrected chi connectivity index (χ4v) is 7.85. The van der Waals surface area contributed by atoms with E-state index in [1.54, 1.807) is 0 Å². The summed E-state index contributed by atoms with van der Waals surface area (Å²) in [7, 11) is 1.14. The van der Waals surface area contributed by atoms with Gasteiger partial charge in [-0.3, -0.25) is 14.2 Å². The number of likely N-dealkylation sites (N-methyl/N-ethyl adjacent to an activating group) is 1. The van der Waals surface area contributed by atoms with Gasteiger partial charge in [0.2, 0.25) is 0 Å². The molecule has 0 aromatic carbocycles. The van der Waals surface area contributed by atoms with Gasteiger partial charge < -0.3 is 27.9 Å². The molecule has 63 heavy (non-hydrogen) atoms. The molecule has 0 heterocycles. The number of carbonyl (C=O) groups excluding carboxylic acids is 2. The molecule has 0 bridgehead atoms. The molecule has 0 fully saturated rings. The second-order valence-corrected chi connectivity index (χ2v) is 19.9. The minimum atomic E-state index is -4.64. The SMILES string of the molecule is CC/C=C\C/C=C\C/C=C\C/C=C\CCCCC(=O)OC(COC(=O)CCCCCCCCCCCCCCCCCCCCCCCCCC)COP(=O)([O-])OCC[N+](C)(C)C. The summed E-state index contributed by atoms with van der Waals surface area (Å²) in [5.41, 5.74) is 0. The Morgan fingerprint density at radius 2 is 0.905 bits per heavy atom. The number of phosphoric acid groups is 1. The number of rotatable bonds is 47. The number of unbranched alkanes of at least 4 members (excludes halogenated alkanes) is 25. The molecule has 0 aromatic rings. The summed E-state index contributed by atoms with van der Waals surface area (Å²) in [5.74, 6) is -0.876. The largest absolute Gasteiger partial charge is 0.756 e. The molecule has 0 aliphatic rings. The van der Waals surface area contributed by atoms with Gasteiger partial charge >= 0.3 is 11.9 Å². The van der Waals surface area contributed by atoms with Crippen LogP contribution in [0, 0.1) is 0 Å². The van der Waals surface area contributed by atoms with Crippen molar-refractivity contribution in [1.82, 2.24) is 0 Å². The van der Waals surface area contributed by atoms with Crippen LogP contribution in [0.2, 0.25) is 0 Å². The van der Waals surface area contributed by atoms with Crippen LogP contribution in [0.1, 0.15) is 226 Å². The highest BCUT2D eigenvalue weighted by molar-refractivity contribution is 7.45. The predicted molar refractivity (Wildman–Crippen MR) is 264 cm³/mol. The van der Waals surface area contributed by atoms with Gasteiger partial charge in [0.15, 0.2) is 6.10 Å². The molecular formula is C53H98NO8P. The maximum Gasteiger partial charge on any atom is 0.306 e. The Bertz CT molecular complexity index is 1210. The third-order valence-electron chi connectivity index (χ3n) is 11.1. The van der Waals surface area contributed by atoms with E-state index in [4.69, 9.17) is 18.5 Å². The van der Waals surface area contributed by atoms with Crippen LogP contribution in [0.25, 0.3) is 0 Å². The van der Waals surface area contributed by atoms with E-state index in [1.165, 1.54) is 135 Å². The number of hydrogen-bond donors (Lipinski definition) is 0. The van der Waals surface area contributed by atoms with Gasteiger partial charge in [0.05, 0.1) is 27.7 Å². The molecule has 0 spiro atoms. The number of nitrogens with zero attached hydrogens (tertiary/aromatic N) is 1. The summed E-state index contributed by atoms with van der Waals surface area (Å²) in [4.78, 5) is 37.7. The first-order valence-corrected chi connectivity index (χ1v) is 27.3. The Kier molecular flexibility index (Phi) is 43.7. The summed E-state index contributed by atoms with van der Waals surface area (Å²) in [6.07, 6.45) is 54.5. The number of carbonyl (C=O) groups is 2. The fourth-order valence-electron chi connectivity index (χ4n) is 7.12. The van der Waals surface area contributed by atoms with Crippen LogP contribution in [-0.4, -0.2) is 70.0 Å². The summed E-state index contributed by atoms with van der Waals surface area (Å²) in [5, 5.41) is 0. The molecule has 2 atom stereocenters. The van der Waals surface area contributed by atoms with E-state index in [1.807, 2.05) is 21.1 Å². The summed E-state index contributed by atoms with van der Waals surface area (Å²) < 4.78 is 34.0. The van der Waals surface area contributed by atoms with E-state index in [2.05, 4.69) is 62.5 Å². The first kappa shape index (κ1) is 61.0. The lowest BCUT2D eigenvalue weighted by Crippen LogP contribution is -2.37. The van der Waals surface area contributed by atoms with Crippen molar-refractivity contribution in [2.45, 2.75) is 232 Å².